The maximum atomic E-state index is 6.12. The molecule has 0 aliphatic heterocycles. The number of hydrogen-bond acceptors (Lipinski definition) is 2. The molecule has 82 valence electrons. The first-order valence-electron chi connectivity index (χ1n) is 5.21. The van der Waals surface area contributed by atoms with E-state index in [1.54, 1.807) is 12.1 Å². The van der Waals surface area contributed by atoms with Crippen molar-refractivity contribution in [1.82, 2.24) is 4.98 Å². The Morgan fingerprint density at radius 2 is 1.88 bits per heavy atom. The predicted octanol–water partition coefficient (Wildman–Crippen LogP) is 4.00. The third kappa shape index (κ3) is 1.53. The summed E-state index contributed by atoms with van der Waals surface area (Å²) in [4.78, 5) is 4.56. The molecule has 1 heterocycles. The van der Waals surface area contributed by atoms with Crippen LogP contribution in [0.15, 0.2) is 18.2 Å². The first-order valence-corrected chi connectivity index (χ1v) is 5.96. The molecule has 2 nitrogen and oxygen atoms in total. The lowest BCUT2D eigenvalue weighted by Crippen LogP contribution is -1.95. The van der Waals surface area contributed by atoms with Crippen LogP contribution in [0.4, 0.5) is 5.69 Å². The minimum absolute atomic E-state index is 0.557. The van der Waals surface area contributed by atoms with E-state index in [1.165, 1.54) is 12.8 Å². The van der Waals surface area contributed by atoms with E-state index in [2.05, 4.69) is 4.98 Å². The number of aromatic nitrogens is 1. The number of pyridine rings is 1. The first-order chi connectivity index (χ1) is 7.66. The maximum Gasteiger partial charge on any atom is 0.0927 e. The number of benzene rings is 1. The summed E-state index contributed by atoms with van der Waals surface area (Å²) in [5.74, 6) is 0.557. The van der Waals surface area contributed by atoms with Gasteiger partial charge in [0.15, 0.2) is 0 Å². The van der Waals surface area contributed by atoms with E-state index in [0.717, 1.165) is 16.6 Å². The maximum absolute atomic E-state index is 6.12. The number of anilines is 1. The van der Waals surface area contributed by atoms with Crippen molar-refractivity contribution in [2.45, 2.75) is 18.8 Å². The second kappa shape index (κ2) is 3.51. The van der Waals surface area contributed by atoms with Crippen molar-refractivity contribution in [2.24, 2.45) is 0 Å². The molecular weight excluding hydrogens is 243 g/mol. The van der Waals surface area contributed by atoms with Crippen molar-refractivity contribution in [1.29, 1.82) is 0 Å². The van der Waals surface area contributed by atoms with Crippen molar-refractivity contribution < 1.29 is 0 Å². The van der Waals surface area contributed by atoms with Gasteiger partial charge in [0, 0.05) is 22.7 Å². The van der Waals surface area contributed by atoms with E-state index in [4.69, 9.17) is 28.9 Å². The Morgan fingerprint density at radius 1 is 1.19 bits per heavy atom. The number of nitrogen functional groups attached to an aromatic ring is 1. The van der Waals surface area contributed by atoms with Crippen molar-refractivity contribution in [3.8, 4) is 0 Å². The number of rotatable bonds is 1. The van der Waals surface area contributed by atoms with Gasteiger partial charge in [-0.1, -0.05) is 23.2 Å². The molecule has 0 unspecified atom stereocenters. The fraction of sp³-hybridized carbons (Fsp3) is 0.250. The highest BCUT2D eigenvalue weighted by molar-refractivity contribution is 6.40. The third-order valence-corrected chi connectivity index (χ3v) is 3.53. The highest BCUT2D eigenvalue weighted by atomic mass is 35.5. The van der Waals surface area contributed by atoms with Gasteiger partial charge in [-0.3, -0.25) is 4.98 Å². The van der Waals surface area contributed by atoms with Gasteiger partial charge in [0.2, 0.25) is 0 Å². The Morgan fingerprint density at radius 3 is 2.56 bits per heavy atom. The zero-order valence-corrected chi connectivity index (χ0v) is 10.0. The van der Waals surface area contributed by atoms with E-state index in [0.29, 0.717) is 21.7 Å². The Hall–Kier alpha value is -0.990. The van der Waals surface area contributed by atoms with Gasteiger partial charge in [0.05, 0.1) is 15.6 Å². The minimum atomic E-state index is 0.557. The van der Waals surface area contributed by atoms with Crippen LogP contribution in [0.5, 0.6) is 0 Å². The van der Waals surface area contributed by atoms with Crippen LogP contribution in [-0.4, -0.2) is 4.98 Å². The zero-order valence-electron chi connectivity index (χ0n) is 8.50. The molecular formula is C12H10Cl2N2. The van der Waals surface area contributed by atoms with Crippen LogP contribution in [0.25, 0.3) is 10.9 Å². The monoisotopic (exact) mass is 252 g/mol. The smallest absolute Gasteiger partial charge is 0.0927 e. The second-order valence-corrected chi connectivity index (χ2v) is 4.98. The third-order valence-electron chi connectivity index (χ3n) is 2.91. The lowest BCUT2D eigenvalue weighted by atomic mass is 10.1. The highest BCUT2D eigenvalue weighted by Crippen LogP contribution is 2.42. The lowest BCUT2D eigenvalue weighted by molar-refractivity contribution is 1.05. The van der Waals surface area contributed by atoms with E-state index < -0.39 is 0 Å². The van der Waals surface area contributed by atoms with Gasteiger partial charge in [-0.25, -0.2) is 0 Å². The van der Waals surface area contributed by atoms with Crippen molar-refractivity contribution in [3.63, 3.8) is 0 Å². The summed E-state index contributed by atoms with van der Waals surface area (Å²) in [5, 5.41) is 1.97. The van der Waals surface area contributed by atoms with Gasteiger partial charge >= 0.3 is 0 Å². The van der Waals surface area contributed by atoms with Crippen LogP contribution in [0.3, 0.4) is 0 Å². The number of nitrogens with zero attached hydrogens (tertiary/aromatic N) is 1. The van der Waals surface area contributed by atoms with E-state index in [-0.39, 0.29) is 0 Å². The molecule has 0 radical (unpaired) electrons. The van der Waals surface area contributed by atoms with Gasteiger partial charge in [-0.2, -0.15) is 0 Å². The number of nitrogens with two attached hydrogens (primary N) is 1. The molecule has 1 aliphatic carbocycles. The van der Waals surface area contributed by atoms with Gasteiger partial charge in [-0.15, -0.1) is 0 Å². The number of fused-ring (bicyclic) bond motifs is 1. The number of halogens is 2. The summed E-state index contributed by atoms with van der Waals surface area (Å²) >= 11 is 12.2. The van der Waals surface area contributed by atoms with E-state index >= 15 is 0 Å². The summed E-state index contributed by atoms with van der Waals surface area (Å²) in [6.07, 6.45) is 2.38. The molecule has 0 spiro atoms. The molecule has 0 amide bonds. The van der Waals surface area contributed by atoms with Crippen LogP contribution >= 0.6 is 23.2 Å². The molecule has 0 saturated heterocycles. The van der Waals surface area contributed by atoms with Crippen LogP contribution in [-0.2, 0) is 0 Å². The molecule has 1 fully saturated rings. The van der Waals surface area contributed by atoms with Crippen LogP contribution in [0, 0.1) is 0 Å². The van der Waals surface area contributed by atoms with Gasteiger partial charge in [-0.05, 0) is 31.0 Å². The largest absolute Gasteiger partial charge is 0.398 e. The summed E-state index contributed by atoms with van der Waals surface area (Å²) in [6, 6.07) is 5.43. The second-order valence-electron chi connectivity index (χ2n) is 4.16. The fourth-order valence-corrected chi connectivity index (χ4v) is 2.37. The topological polar surface area (TPSA) is 38.9 Å². The molecule has 2 aromatic rings. The zero-order chi connectivity index (χ0) is 11.3. The quantitative estimate of drug-likeness (QED) is 0.834. The highest BCUT2D eigenvalue weighted by Gasteiger charge is 2.26. The van der Waals surface area contributed by atoms with E-state index in [1.807, 2.05) is 6.07 Å². The summed E-state index contributed by atoms with van der Waals surface area (Å²) in [5.41, 5.74) is 8.43. The first kappa shape index (κ1) is 10.2. The normalized spacial score (nSPS) is 15.6. The predicted molar refractivity (Wildman–Crippen MR) is 68.2 cm³/mol. The van der Waals surface area contributed by atoms with Crippen molar-refractivity contribution in [2.75, 3.05) is 5.73 Å². The van der Waals surface area contributed by atoms with Crippen molar-refractivity contribution in [3.05, 3.63) is 33.9 Å². The summed E-state index contributed by atoms with van der Waals surface area (Å²) in [6.45, 7) is 0. The molecule has 1 saturated carbocycles. The molecule has 1 aromatic carbocycles. The molecule has 2 N–H and O–H groups in total. The Labute approximate surface area is 103 Å². The van der Waals surface area contributed by atoms with Crippen LogP contribution in [0.1, 0.15) is 24.5 Å². The molecule has 3 rings (SSSR count). The molecule has 16 heavy (non-hydrogen) atoms. The van der Waals surface area contributed by atoms with Crippen LogP contribution in [0.2, 0.25) is 10.0 Å². The van der Waals surface area contributed by atoms with E-state index in [9.17, 15) is 0 Å². The summed E-state index contributed by atoms with van der Waals surface area (Å²) in [7, 11) is 0. The number of hydrogen-bond donors (Lipinski definition) is 1. The molecule has 1 aromatic heterocycles. The molecule has 0 atom stereocenters. The Balaban J connectivity index is 2.36. The lowest BCUT2D eigenvalue weighted by Gasteiger charge is -2.08. The average Bonchev–Trinajstić information content (AvgIpc) is 3.06. The summed E-state index contributed by atoms with van der Waals surface area (Å²) < 4.78 is 0. The molecule has 0 bridgehead atoms. The standard InChI is InChI=1S/C12H10Cl2N2/c13-7-3-4-8(14)12-11(7)9(15)5-10(16-12)6-1-2-6/h3-6H,1-2H2,(H2,15,16). The van der Waals surface area contributed by atoms with Crippen LogP contribution < -0.4 is 5.73 Å². The SMILES string of the molecule is Nc1cc(C2CC2)nc2c(Cl)ccc(Cl)c12. The Bertz CT molecular complexity index is 577. The average molecular weight is 253 g/mol. The van der Waals surface area contributed by atoms with Gasteiger partial charge in [0.1, 0.15) is 0 Å². The minimum Gasteiger partial charge on any atom is -0.398 e. The van der Waals surface area contributed by atoms with Crippen molar-refractivity contribution >= 4 is 39.8 Å². The molecule has 1 aliphatic rings. The Kier molecular flexibility index (Phi) is 2.23. The van der Waals surface area contributed by atoms with Gasteiger partial charge < -0.3 is 5.73 Å². The fourth-order valence-electron chi connectivity index (χ4n) is 1.91. The molecule has 4 heteroatoms. The van der Waals surface area contributed by atoms with Gasteiger partial charge in [0.25, 0.3) is 0 Å².